The number of nitrogens with zero attached hydrogens (tertiary/aromatic N) is 1. The van der Waals surface area contributed by atoms with Gasteiger partial charge in [0, 0.05) is 12.2 Å². The number of rotatable bonds is 10. The van der Waals surface area contributed by atoms with Crippen LogP contribution in [0.5, 0.6) is 0 Å². The van der Waals surface area contributed by atoms with Crippen LogP contribution in [-0.4, -0.2) is 27.4 Å². The number of nitriles is 1. The molecule has 0 aromatic heterocycles. The molecule has 2 rings (SSSR count). The lowest BCUT2D eigenvalue weighted by Crippen LogP contribution is -2.51. The topological polar surface area (TPSA) is 93.2 Å². The number of ether oxygens (including phenoxy) is 1. The van der Waals surface area contributed by atoms with E-state index in [-0.39, 0.29) is 17.7 Å². The van der Waals surface area contributed by atoms with Crippen molar-refractivity contribution < 1.29 is 21.9 Å². The lowest BCUT2D eigenvalue weighted by Gasteiger charge is -2.33. The summed E-state index contributed by atoms with van der Waals surface area (Å²) in [5.74, 6) is -1.94. The SMILES string of the molecule is CCCCOC[C@](N)(CS(=O)(=O)C(C)(C#N)c1ccc(F)cc1)c1ccccc1F. The minimum absolute atomic E-state index is 0.00975. The fraction of sp³-hybridized carbons (Fsp3) is 0.409. The Morgan fingerprint density at radius 1 is 1.13 bits per heavy atom. The summed E-state index contributed by atoms with van der Waals surface area (Å²) in [5, 5.41) is 9.74. The van der Waals surface area contributed by atoms with Gasteiger partial charge in [0.25, 0.3) is 0 Å². The Hall–Kier alpha value is -2.34. The van der Waals surface area contributed by atoms with Crippen LogP contribution in [0.4, 0.5) is 8.78 Å². The van der Waals surface area contributed by atoms with Gasteiger partial charge in [-0.1, -0.05) is 43.7 Å². The van der Waals surface area contributed by atoms with Crippen LogP contribution in [0.1, 0.15) is 37.8 Å². The van der Waals surface area contributed by atoms with Crippen molar-refractivity contribution in [1.29, 1.82) is 5.26 Å². The van der Waals surface area contributed by atoms with Gasteiger partial charge in [-0.05, 0) is 37.1 Å². The predicted octanol–water partition coefficient (Wildman–Crippen LogP) is 3.79. The Bertz CT molecular complexity index is 1010. The van der Waals surface area contributed by atoms with Gasteiger partial charge in [0.05, 0.1) is 24.0 Å². The van der Waals surface area contributed by atoms with E-state index in [1.165, 1.54) is 37.3 Å². The van der Waals surface area contributed by atoms with Crippen LogP contribution >= 0.6 is 0 Å². The molecular weight excluding hydrogens is 410 g/mol. The number of sulfone groups is 1. The maximum Gasteiger partial charge on any atom is 0.180 e. The number of hydrogen-bond acceptors (Lipinski definition) is 5. The highest BCUT2D eigenvalue weighted by Gasteiger charge is 2.47. The summed E-state index contributed by atoms with van der Waals surface area (Å²) in [7, 11) is -4.26. The minimum atomic E-state index is -4.26. The number of unbranched alkanes of at least 4 members (excludes halogenated alkanes) is 1. The monoisotopic (exact) mass is 436 g/mol. The van der Waals surface area contributed by atoms with Gasteiger partial charge in [0.2, 0.25) is 0 Å². The smallest absolute Gasteiger partial charge is 0.180 e. The van der Waals surface area contributed by atoms with Gasteiger partial charge >= 0.3 is 0 Å². The van der Waals surface area contributed by atoms with Crippen molar-refractivity contribution in [2.45, 2.75) is 37.0 Å². The van der Waals surface area contributed by atoms with E-state index in [1.54, 1.807) is 6.07 Å². The van der Waals surface area contributed by atoms with Crippen molar-refractivity contribution in [3.8, 4) is 6.07 Å². The molecule has 0 bridgehead atoms. The standard InChI is InChI=1S/C22H26F2N2O3S/c1-3-4-13-29-15-22(26,19-7-5-6-8-20(19)24)16-30(27,28)21(2,14-25)17-9-11-18(23)12-10-17/h5-12H,3-4,13,15-16,26H2,1-2H3/t21?,22-/m0/s1. The van der Waals surface area contributed by atoms with E-state index in [2.05, 4.69) is 0 Å². The van der Waals surface area contributed by atoms with Crippen molar-refractivity contribution in [3.05, 3.63) is 71.3 Å². The van der Waals surface area contributed by atoms with Crippen LogP contribution in [-0.2, 0) is 24.9 Å². The van der Waals surface area contributed by atoms with Gasteiger partial charge in [-0.15, -0.1) is 0 Å². The molecule has 0 aliphatic carbocycles. The average Bonchev–Trinajstić information content (AvgIpc) is 2.71. The Labute approximate surface area is 176 Å². The third-order valence-corrected chi connectivity index (χ3v) is 7.56. The quantitative estimate of drug-likeness (QED) is 0.572. The van der Waals surface area contributed by atoms with Gasteiger partial charge in [-0.2, -0.15) is 5.26 Å². The summed E-state index contributed by atoms with van der Waals surface area (Å²) in [5.41, 5.74) is 4.81. The van der Waals surface area contributed by atoms with E-state index in [4.69, 9.17) is 10.5 Å². The number of nitrogens with two attached hydrogens (primary N) is 1. The Balaban J connectivity index is 2.47. The first-order chi connectivity index (χ1) is 14.1. The predicted molar refractivity (Wildman–Crippen MR) is 111 cm³/mol. The van der Waals surface area contributed by atoms with Crippen LogP contribution in [0, 0.1) is 23.0 Å². The third-order valence-electron chi connectivity index (χ3n) is 5.09. The first-order valence-corrected chi connectivity index (χ1v) is 11.3. The zero-order chi connectivity index (χ0) is 22.4. The van der Waals surface area contributed by atoms with Crippen LogP contribution in [0.15, 0.2) is 48.5 Å². The van der Waals surface area contributed by atoms with E-state index in [1.807, 2.05) is 13.0 Å². The summed E-state index contributed by atoms with van der Waals surface area (Å²) in [4.78, 5) is 0. The summed E-state index contributed by atoms with van der Waals surface area (Å²) >= 11 is 0. The molecule has 0 saturated carbocycles. The largest absolute Gasteiger partial charge is 0.379 e. The second kappa shape index (κ2) is 9.65. The summed E-state index contributed by atoms with van der Waals surface area (Å²) in [6.07, 6.45) is 1.61. The van der Waals surface area contributed by atoms with Crippen molar-refractivity contribution in [2.75, 3.05) is 19.0 Å². The second-order valence-corrected chi connectivity index (χ2v) is 9.79. The van der Waals surface area contributed by atoms with Crippen LogP contribution in [0.3, 0.4) is 0 Å². The molecule has 30 heavy (non-hydrogen) atoms. The van der Waals surface area contributed by atoms with Crippen LogP contribution < -0.4 is 5.73 Å². The van der Waals surface area contributed by atoms with Crippen LogP contribution in [0.25, 0.3) is 0 Å². The summed E-state index contributed by atoms with van der Waals surface area (Å²) in [6.45, 7) is 3.31. The molecule has 0 amide bonds. The molecule has 0 fully saturated rings. The summed E-state index contributed by atoms with van der Waals surface area (Å²) < 4.78 is 58.2. The molecule has 1 unspecified atom stereocenters. The first-order valence-electron chi connectivity index (χ1n) is 9.61. The maximum atomic E-state index is 14.5. The molecule has 5 nitrogen and oxygen atoms in total. The van der Waals surface area contributed by atoms with Crippen molar-refractivity contribution in [1.82, 2.24) is 0 Å². The van der Waals surface area contributed by atoms with Crippen molar-refractivity contribution >= 4 is 9.84 Å². The van der Waals surface area contributed by atoms with E-state index in [9.17, 15) is 22.5 Å². The normalized spacial score (nSPS) is 15.7. The highest BCUT2D eigenvalue weighted by molar-refractivity contribution is 7.92. The van der Waals surface area contributed by atoms with E-state index < -0.39 is 37.5 Å². The maximum absolute atomic E-state index is 14.5. The highest BCUT2D eigenvalue weighted by atomic mass is 32.2. The van der Waals surface area contributed by atoms with Crippen molar-refractivity contribution in [3.63, 3.8) is 0 Å². The molecule has 2 aromatic carbocycles. The van der Waals surface area contributed by atoms with Gasteiger partial charge < -0.3 is 10.5 Å². The molecule has 0 aliphatic heterocycles. The molecule has 0 aliphatic rings. The zero-order valence-electron chi connectivity index (χ0n) is 17.1. The Morgan fingerprint density at radius 2 is 1.77 bits per heavy atom. The van der Waals surface area contributed by atoms with E-state index >= 15 is 0 Å². The number of halogens is 2. The van der Waals surface area contributed by atoms with E-state index in [0.29, 0.717) is 6.61 Å². The highest BCUT2D eigenvalue weighted by Crippen LogP contribution is 2.35. The lowest BCUT2D eigenvalue weighted by atomic mass is 9.93. The van der Waals surface area contributed by atoms with Crippen LogP contribution in [0.2, 0.25) is 0 Å². The number of hydrogen-bond donors (Lipinski definition) is 1. The lowest BCUT2D eigenvalue weighted by molar-refractivity contribution is 0.0879. The second-order valence-electron chi connectivity index (χ2n) is 7.45. The van der Waals surface area contributed by atoms with E-state index in [0.717, 1.165) is 25.0 Å². The molecule has 0 radical (unpaired) electrons. The van der Waals surface area contributed by atoms with Crippen molar-refractivity contribution in [2.24, 2.45) is 5.73 Å². The molecule has 2 atom stereocenters. The molecule has 8 heteroatoms. The molecule has 2 aromatic rings. The fourth-order valence-electron chi connectivity index (χ4n) is 3.13. The summed E-state index contributed by atoms with van der Waals surface area (Å²) in [6, 6.07) is 12.1. The fourth-order valence-corrected chi connectivity index (χ4v) is 4.97. The first kappa shape index (κ1) is 23.9. The number of benzene rings is 2. The van der Waals surface area contributed by atoms with Gasteiger partial charge in [-0.25, -0.2) is 17.2 Å². The molecule has 0 saturated heterocycles. The third kappa shape index (κ3) is 5.04. The Morgan fingerprint density at radius 3 is 2.33 bits per heavy atom. The Kier molecular flexibility index (Phi) is 7.70. The van der Waals surface area contributed by atoms with Gasteiger partial charge in [0.15, 0.2) is 14.6 Å². The van der Waals surface area contributed by atoms with Gasteiger partial charge in [0.1, 0.15) is 11.6 Å². The minimum Gasteiger partial charge on any atom is -0.379 e. The average molecular weight is 437 g/mol. The zero-order valence-corrected chi connectivity index (χ0v) is 17.9. The van der Waals surface area contributed by atoms with Gasteiger partial charge in [-0.3, -0.25) is 0 Å². The molecule has 2 N–H and O–H groups in total. The molecular formula is C22H26F2N2O3S. The molecule has 0 spiro atoms. The molecule has 0 heterocycles. The molecule has 162 valence electrons.